The van der Waals surface area contributed by atoms with Gasteiger partial charge < -0.3 is 0 Å². The fourth-order valence-corrected chi connectivity index (χ4v) is 1.35. The summed E-state index contributed by atoms with van der Waals surface area (Å²) >= 11 is 9.02. The molecule has 1 unspecified atom stereocenters. The van der Waals surface area contributed by atoms with Crippen molar-refractivity contribution in [2.24, 2.45) is 0 Å². The van der Waals surface area contributed by atoms with Gasteiger partial charge in [-0.15, -0.1) is 0 Å². The first-order valence-corrected chi connectivity index (χ1v) is 4.85. The van der Waals surface area contributed by atoms with Crippen LogP contribution in [0.15, 0.2) is 24.3 Å². The summed E-state index contributed by atoms with van der Waals surface area (Å²) in [6.45, 7) is 1.78. The molecule has 64 valence electrons. The molecule has 0 aliphatic carbocycles. The summed E-state index contributed by atoms with van der Waals surface area (Å²) in [6.07, 6.45) is 0. The Balaban J connectivity index is 3.03. The van der Waals surface area contributed by atoms with Crippen LogP contribution < -0.4 is 0 Å². The summed E-state index contributed by atoms with van der Waals surface area (Å²) in [5.74, 6) is 0.0144. The molecule has 0 N–H and O–H groups in total. The Bertz CT molecular complexity index is 296. The van der Waals surface area contributed by atoms with E-state index in [2.05, 4.69) is 15.9 Å². The molecule has 0 aliphatic heterocycles. The van der Waals surface area contributed by atoms with Crippen molar-refractivity contribution in [3.63, 3.8) is 0 Å². The number of hydrogen-bond donors (Lipinski definition) is 0. The third-order valence-electron chi connectivity index (χ3n) is 1.50. The molecule has 0 saturated carbocycles. The minimum Gasteiger partial charge on any atom is -0.293 e. The zero-order valence-corrected chi connectivity index (χ0v) is 8.89. The zero-order valence-electron chi connectivity index (χ0n) is 6.55. The van der Waals surface area contributed by atoms with Gasteiger partial charge in [-0.1, -0.05) is 39.7 Å². The van der Waals surface area contributed by atoms with Crippen LogP contribution in [0.5, 0.6) is 0 Å². The molecule has 3 heteroatoms. The van der Waals surface area contributed by atoms with Crippen molar-refractivity contribution >= 4 is 33.3 Å². The average molecular weight is 248 g/mol. The summed E-state index contributed by atoms with van der Waals surface area (Å²) < 4.78 is 0. The molecule has 1 aromatic carbocycles. The second-order valence-electron chi connectivity index (χ2n) is 2.46. The molecule has 0 aliphatic rings. The third kappa shape index (κ3) is 2.08. The van der Waals surface area contributed by atoms with Gasteiger partial charge >= 0.3 is 0 Å². The molecular weight excluding hydrogens is 239 g/mol. The van der Waals surface area contributed by atoms with E-state index in [-0.39, 0.29) is 10.6 Å². The number of ketones is 1. The Morgan fingerprint density at radius 3 is 2.58 bits per heavy atom. The second-order valence-corrected chi connectivity index (χ2v) is 4.24. The van der Waals surface area contributed by atoms with Gasteiger partial charge in [0, 0.05) is 5.56 Å². The van der Waals surface area contributed by atoms with Crippen molar-refractivity contribution in [3.05, 3.63) is 34.9 Å². The number of Topliss-reactive ketones (excluding diaryl/α,β-unsaturated/α-hetero) is 1. The van der Waals surface area contributed by atoms with E-state index in [4.69, 9.17) is 11.6 Å². The summed E-state index contributed by atoms with van der Waals surface area (Å²) in [4.78, 5) is 11.3. The van der Waals surface area contributed by atoms with Crippen LogP contribution in [-0.2, 0) is 0 Å². The highest BCUT2D eigenvalue weighted by molar-refractivity contribution is 9.10. The molecule has 1 nitrogen and oxygen atoms in total. The van der Waals surface area contributed by atoms with Gasteiger partial charge in [0.2, 0.25) is 0 Å². The maximum Gasteiger partial charge on any atom is 0.177 e. The van der Waals surface area contributed by atoms with E-state index in [1.54, 1.807) is 31.2 Å². The van der Waals surface area contributed by atoms with E-state index in [0.717, 1.165) is 0 Å². The van der Waals surface area contributed by atoms with Gasteiger partial charge in [0.05, 0.1) is 9.85 Å². The summed E-state index contributed by atoms with van der Waals surface area (Å²) in [5, 5.41) is 0.508. The van der Waals surface area contributed by atoms with Crippen LogP contribution in [0.1, 0.15) is 17.3 Å². The van der Waals surface area contributed by atoms with Gasteiger partial charge in [-0.05, 0) is 19.1 Å². The molecule has 0 aromatic heterocycles. The Hall–Kier alpha value is -0.340. The van der Waals surface area contributed by atoms with Gasteiger partial charge in [0.25, 0.3) is 0 Å². The van der Waals surface area contributed by atoms with Crippen LogP contribution in [0, 0.1) is 0 Å². The lowest BCUT2D eigenvalue weighted by molar-refractivity contribution is 0.0996. The molecule has 1 atom stereocenters. The van der Waals surface area contributed by atoms with E-state index in [0.29, 0.717) is 10.6 Å². The van der Waals surface area contributed by atoms with Crippen LogP contribution in [0.4, 0.5) is 0 Å². The minimum atomic E-state index is -0.183. The SMILES string of the molecule is CC(Br)C(=O)c1ccccc1Cl. The predicted octanol–water partition coefficient (Wildman–Crippen LogP) is 3.31. The topological polar surface area (TPSA) is 17.1 Å². The second kappa shape index (κ2) is 4.06. The maximum atomic E-state index is 11.4. The van der Waals surface area contributed by atoms with Crippen LogP contribution in [0.3, 0.4) is 0 Å². The van der Waals surface area contributed by atoms with Crippen molar-refractivity contribution in [3.8, 4) is 0 Å². The highest BCUT2D eigenvalue weighted by Gasteiger charge is 2.13. The fourth-order valence-electron chi connectivity index (χ4n) is 0.875. The van der Waals surface area contributed by atoms with Gasteiger partial charge in [-0.2, -0.15) is 0 Å². The first-order chi connectivity index (χ1) is 5.63. The van der Waals surface area contributed by atoms with E-state index in [9.17, 15) is 4.79 Å². The molecule has 0 heterocycles. The maximum absolute atomic E-state index is 11.4. The Labute approximate surface area is 84.9 Å². The highest BCUT2D eigenvalue weighted by atomic mass is 79.9. The van der Waals surface area contributed by atoms with Crippen LogP contribution in [0.25, 0.3) is 0 Å². The Morgan fingerprint density at radius 2 is 2.08 bits per heavy atom. The number of benzene rings is 1. The van der Waals surface area contributed by atoms with Gasteiger partial charge in [-0.3, -0.25) is 4.79 Å². The van der Waals surface area contributed by atoms with Crippen LogP contribution >= 0.6 is 27.5 Å². The first kappa shape index (κ1) is 9.75. The number of carbonyl (C=O) groups excluding carboxylic acids is 1. The predicted molar refractivity (Wildman–Crippen MR) is 54.2 cm³/mol. The molecule has 0 amide bonds. The van der Waals surface area contributed by atoms with Gasteiger partial charge in [0.15, 0.2) is 5.78 Å². The van der Waals surface area contributed by atoms with Crippen LogP contribution in [-0.4, -0.2) is 10.6 Å². The standard InChI is InChI=1S/C9H8BrClO/c1-6(10)9(12)7-4-2-3-5-8(7)11/h2-6H,1H3. The van der Waals surface area contributed by atoms with E-state index in [1.165, 1.54) is 0 Å². The zero-order chi connectivity index (χ0) is 9.14. The lowest BCUT2D eigenvalue weighted by Gasteiger charge is -2.03. The normalized spacial score (nSPS) is 12.6. The van der Waals surface area contributed by atoms with Gasteiger partial charge in [-0.25, -0.2) is 0 Å². The number of halogens is 2. The molecule has 1 aromatic rings. The van der Waals surface area contributed by atoms with E-state index >= 15 is 0 Å². The van der Waals surface area contributed by atoms with Crippen LogP contribution in [0.2, 0.25) is 5.02 Å². The molecule has 0 bridgehead atoms. The largest absolute Gasteiger partial charge is 0.293 e. The third-order valence-corrected chi connectivity index (χ3v) is 2.25. The summed E-state index contributed by atoms with van der Waals surface area (Å²) in [5.41, 5.74) is 0.573. The van der Waals surface area contributed by atoms with Crippen molar-refractivity contribution < 1.29 is 4.79 Å². The average Bonchev–Trinajstić information content (AvgIpc) is 2.04. The van der Waals surface area contributed by atoms with Crippen molar-refractivity contribution in [2.45, 2.75) is 11.8 Å². The van der Waals surface area contributed by atoms with E-state index in [1.807, 2.05) is 0 Å². The molecule has 1 rings (SSSR count). The fraction of sp³-hybridized carbons (Fsp3) is 0.222. The Kier molecular flexibility index (Phi) is 3.29. The summed E-state index contributed by atoms with van der Waals surface area (Å²) in [6, 6.07) is 7.04. The molecule has 0 spiro atoms. The first-order valence-electron chi connectivity index (χ1n) is 3.55. The molecular formula is C9H8BrClO. The van der Waals surface area contributed by atoms with E-state index < -0.39 is 0 Å². The van der Waals surface area contributed by atoms with Crippen molar-refractivity contribution in [2.75, 3.05) is 0 Å². The van der Waals surface area contributed by atoms with Crippen molar-refractivity contribution in [1.82, 2.24) is 0 Å². The number of carbonyl (C=O) groups is 1. The molecule has 12 heavy (non-hydrogen) atoms. The highest BCUT2D eigenvalue weighted by Crippen LogP contribution is 2.18. The Morgan fingerprint density at radius 1 is 1.50 bits per heavy atom. The molecule has 0 fully saturated rings. The number of alkyl halides is 1. The smallest absolute Gasteiger partial charge is 0.177 e. The minimum absolute atomic E-state index is 0.0144. The van der Waals surface area contributed by atoms with Gasteiger partial charge in [0.1, 0.15) is 0 Å². The molecule has 0 radical (unpaired) electrons. The summed E-state index contributed by atoms with van der Waals surface area (Å²) in [7, 11) is 0. The number of rotatable bonds is 2. The number of hydrogen-bond acceptors (Lipinski definition) is 1. The van der Waals surface area contributed by atoms with Crippen molar-refractivity contribution in [1.29, 1.82) is 0 Å². The monoisotopic (exact) mass is 246 g/mol. The lowest BCUT2D eigenvalue weighted by atomic mass is 10.1. The quantitative estimate of drug-likeness (QED) is 0.579. The lowest BCUT2D eigenvalue weighted by Crippen LogP contribution is -2.10. The molecule has 0 saturated heterocycles.